The summed E-state index contributed by atoms with van der Waals surface area (Å²) < 4.78 is 28.9. The van der Waals surface area contributed by atoms with Crippen LogP contribution in [0.15, 0.2) is 11.6 Å². The van der Waals surface area contributed by atoms with Gasteiger partial charge in [0.2, 0.25) is 0 Å². The lowest BCUT2D eigenvalue weighted by Crippen LogP contribution is -2.69. The third-order valence-electron chi connectivity index (χ3n) is 13.9. The number of ether oxygens (including phenoxy) is 5. The van der Waals surface area contributed by atoms with Crippen LogP contribution < -0.4 is 0 Å². The molecule has 0 aromatic heterocycles. The Morgan fingerprint density at radius 2 is 1.59 bits per heavy atom. The van der Waals surface area contributed by atoms with Crippen LogP contribution >= 0.6 is 0 Å². The lowest BCUT2D eigenvalue weighted by atomic mass is 9.41. The van der Waals surface area contributed by atoms with E-state index in [-0.39, 0.29) is 44.1 Å². The van der Waals surface area contributed by atoms with E-state index >= 15 is 0 Å². The Hall–Kier alpha value is -1.56. The molecule has 14 nitrogen and oxygen atoms in total. The second-order valence-corrected chi connectivity index (χ2v) is 16.3. The van der Waals surface area contributed by atoms with Crippen LogP contribution in [0.3, 0.4) is 0 Å². The molecule has 14 heteroatoms. The van der Waals surface area contributed by atoms with Crippen molar-refractivity contribution < 1.29 is 69.0 Å². The van der Waals surface area contributed by atoms with Crippen LogP contribution in [0, 0.1) is 28.6 Å². The van der Waals surface area contributed by atoms with Gasteiger partial charge in [0.05, 0.1) is 47.1 Å². The van der Waals surface area contributed by atoms with Gasteiger partial charge >= 0.3 is 5.97 Å². The van der Waals surface area contributed by atoms with Crippen molar-refractivity contribution in [2.75, 3.05) is 6.61 Å². The molecular formula is C35H52O14. The molecule has 4 saturated carbocycles. The van der Waals surface area contributed by atoms with Gasteiger partial charge in [-0.3, -0.25) is 0 Å². The molecule has 49 heavy (non-hydrogen) atoms. The summed E-state index contributed by atoms with van der Waals surface area (Å²) in [5.74, 6) is -1.53. The van der Waals surface area contributed by atoms with Crippen molar-refractivity contribution in [1.29, 1.82) is 0 Å². The fourth-order valence-corrected chi connectivity index (χ4v) is 11.3. The molecule has 276 valence electrons. The molecule has 0 bridgehead atoms. The molecule has 0 unspecified atom stereocenters. The largest absolute Gasteiger partial charge is 0.458 e. The number of rotatable bonds is 6. The highest BCUT2D eigenvalue weighted by atomic mass is 16.7. The zero-order valence-corrected chi connectivity index (χ0v) is 28.3. The average molecular weight is 697 g/mol. The summed E-state index contributed by atoms with van der Waals surface area (Å²) in [6.45, 7) is 5.29. The first-order valence-electron chi connectivity index (χ1n) is 17.9. The van der Waals surface area contributed by atoms with Crippen LogP contribution in [0.2, 0.25) is 0 Å². The molecule has 4 aliphatic carbocycles. The molecule has 2 saturated heterocycles. The van der Waals surface area contributed by atoms with Crippen molar-refractivity contribution in [3.05, 3.63) is 11.6 Å². The highest BCUT2D eigenvalue weighted by molar-refractivity contribution is 5.85. The molecule has 0 radical (unpaired) electrons. The Morgan fingerprint density at radius 3 is 2.27 bits per heavy atom. The van der Waals surface area contributed by atoms with Crippen LogP contribution in [0.5, 0.6) is 0 Å². The van der Waals surface area contributed by atoms with Crippen molar-refractivity contribution in [1.82, 2.24) is 0 Å². The second kappa shape index (κ2) is 12.5. The predicted molar refractivity (Wildman–Crippen MR) is 166 cm³/mol. The van der Waals surface area contributed by atoms with Gasteiger partial charge in [0.25, 0.3) is 0 Å². The van der Waals surface area contributed by atoms with Crippen LogP contribution in [-0.4, -0.2) is 133 Å². The number of aliphatic hydroxyl groups excluding tert-OH is 5. The first kappa shape index (κ1) is 35.8. The van der Waals surface area contributed by atoms with Gasteiger partial charge in [0.15, 0.2) is 12.6 Å². The highest BCUT2D eigenvalue weighted by Gasteiger charge is 2.73. The molecule has 18 atom stereocenters. The Morgan fingerprint density at radius 1 is 0.857 bits per heavy atom. The standard InChI is InChI=1S/C35H52O14/c1-16-27(40)28(41)29(42)31(47-16)49-30-17(2)46-25(11-22(30)37)48-19-4-8-33(15-36)20-5-7-32(3)26(18-10-24(39)45-14-18)23(38)13-35(32,44)21(20)6-9-34(33,43)12-19/h10,15-17,19-23,25-31,37-38,40-44H,4-9,11-14H2,1-3H3/t16-,17+,19-,20-,21+,22-,23-,25-,26-,27-,28+,29+,30+,31-,32+,33-,34-,35-/m0/s1. The molecule has 3 heterocycles. The zero-order valence-electron chi connectivity index (χ0n) is 28.3. The topological polar surface area (TPSA) is 222 Å². The Kier molecular flexibility index (Phi) is 9.17. The molecule has 7 aliphatic rings. The summed E-state index contributed by atoms with van der Waals surface area (Å²) in [7, 11) is 0. The van der Waals surface area contributed by atoms with Crippen LogP contribution in [0.1, 0.15) is 78.6 Å². The molecular weight excluding hydrogens is 644 g/mol. The maximum Gasteiger partial charge on any atom is 0.331 e. The first-order valence-corrected chi connectivity index (χ1v) is 17.9. The van der Waals surface area contributed by atoms with Gasteiger partial charge < -0.3 is 64.2 Å². The summed E-state index contributed by atoms with van der Waals surface area (Å²) in [5, 5.41) is 77.6. The molecule has 6 fully saturated rings. The lowest BCUT2D eigenvalue weighted by molar-refractivity contribution is -0.341. The van der Waals surface area contributed by atoms with E-state index in [1.807, 2.05) is 6.92 Å². The van der Waals surface area contributed by atoms with Crippen molar-refractivity contribution in [3.63, 3.8) is 0 Å². The summed E-state index contributed by atoms with van der Waals surface area (Å²) in [6.07, 6.45) is -6.02. The van der Waals surface area contributed by atoms with Gasteiger partial charge in [0.1, 0.15) is 37.3 Å². The summed E-state index contributed by atoms with van der Waals surface area (Å²) in [6, 6.07) is 0. The second-order valence-electron chi connectivity index (χ2n) is 16.3. The number of hydrogen-bond acceptors (Lipinski definition) is 14. The maximum absolute atomic E-state index is 13.2. The molecule has 0 amide bonds. The fourth-order valence-electron chi connectivity index (χ4n) is 11.3. The first-order chi connectivity index (χ1) is 23.1. The third kappa shape index (κ3) is 5.39. The molecule has 0 spiro atoms. The average Bonchev–Trinajstić information content (AvgIpc) is 3.55. The number of carbonyl (C=O) groups excluding carboxylic acids is 2. The quantitative estimate of drug-likeness (QED) is 0.107. The summed E-state index contributed by atoms with van der Waals surface area (Å²) in [5.41, 5.74) is -3.84. The van der Waals surface area contributed by atoms with Crippen LogP contribution in [0.25, 0.3) is 0 Å². The highest BCUT2D eigenvalue weighted by Crippen LogP contribution is 2.70. The minimum Gasteiger partial charge on any atom is -0.458 e. The van der Waals surface area contributed by atoms with E-state index < -0.39 is 101 Å². The Balaban J connectivity index is 1.02. The molecule has 3 aliphatic heterocycles. The van der Waals surface area contributed by atoms with Gasteiger partial charge in [-0.15, -0.1) is 0 Å². The van der Waals surface area contributed by atoms with E-state index in [0.29, 0.717) is 37.7 Å². The van der Waals surface area contributed by atoms with Crippen LogP contribution in [-0.2, 0) is 33.3 Å². The lowest BCUT2D eigenvalue weighted by Gasteiger charge is -2.65. The van der Waals surface area contributed by atoms with Gasteiger partial charge in [-0.25, -0.2) is 4.79 Å². The van der Waals surface area contributed by atoms with E-state index in [2.05, 4.69) is 0 Å². The third-order valence-corrected chi connectivity index (χ3v) is 13.9. The SMILES string of the molecule is C[C@@H]1O[C@@H](O[C@H]2[C@@H](O)C[C@H](O[C@H]3CC[C@]4(C=O)[C@H]5CC[C@]6(C)[C@@H](C7=CC(=O)OC7)[C@@H](O)C[C@]6(O)[C@@H]5CC[C@]4(O)C3)O[C@@H]2C)[C@H](O)[C@H](O)[C@H]1O. The van der Waals surface area contributed by atoms with Crippen molar-refractivity contribution in [2.45, 2.75) is 157 Å². The van der Waals surface area contributed by atoms with Gasteiger partial charge in [0, 0.05) is 36.7 Å². The zero-order chi connectivity index (χ0) is 35.3. The number of hydrogen-bond donors (Lipinski definition) is 7. The van der Waals surface area contributed by atoms with Crippen molar-refractivity contribution >= 4 is 12.3 Å². The van der Waals surface area contributed by atoms with E-state index in [0.717, 1.165) is 6.29 Å². The summed E-state index contributed by atoms with van der Waals surface area (Å²) in [4.78, 5) is 25.1. The number of carbonyl (C=O) groups is 2. The van der Waals surface area contributed by atoms with E-state index in [9.17, 15) is 45.3 Å². The predicted octanol–water partition coefficient (Wildman–Crippen LogP) is -0.398. The maximum atomic E-state index is 13.2. The normalized spacial score (nSPS) is 55.9. The van der Waals surface area contributed by atoms with Crippen molar-refractivity contribution in [3.8, 4) is 0 Å². The summed E-state index contributed by atoms with van der Waals surface area (Å²) >= 11 is 0. The van der Waals surface area contributed by atoms with E-state index in [4.69, 9.17) is 23.7 Å². The minimum absolute atomic E-state index is 0.0270. The Labute approximate surface area is 285 Å². The fraction of sp³-hybridized carbons (Fsp3) is 0.886. The number of esters is 1. The van der Waals surface area contributed by atoms with Crippen molar-refractivity contribution in [2.24, 2.45) is 28.6 Å². The molecule has 7 rings (SSSR count). The number of fused-ring (bicyclic) bond motifs is 5. The monoisotopic (exact) mass is 696 g/mol. The van der Waals surface area contributed by atoms with E-state index in [1.165, 1.54) is 13.0 Å². The van der Waals surface area contributed by atoms with Gasteiger partial charge in [-0.05, 0) is 69.8 Å². The number of aliphatic hydroxyl groups is 7. The van der Waals surface area contributed by atoms with Gasteiger partial charge in [-0.1, -0.05) is 6.92 Å². The number of aldehydes is 1. The molecule has 7 N–H and O–H groups in total. The van der Waals surface area contributed by atoms with Crippen LogP contribution in [0.4, 0.5) is 0 Å². The number of cyclic esters (lactones) is 1. The Bertz CT molecular complexity index is 1310. The van der Waals surface area contributed by atoms with E-state index in [1.54, 1.807) is 6.92 Å². The van der Waals surface area contributed by atoms with Gasteiger partial charge in [-0.2, -0.15) is 0 Å². The molecule has 0 aromatic carbocycles. The molecule has 0 aromatic rings. The smallest absolute Gasteiger partial charge is 0.331 e. The minimum atomic E-state index is -1.53.